The van der Waals surface area contributed by atoms with Crippen LogP contribution in [-0.2, 0) is 4.79 Å². The quantitative estimate of drug-likeness (QED) is 0.742. The minimum atomic E-state index is -0.585. The number of nitrogens with one attached hydrogen (secondary N) is 1. The van der Waals surface area contributed by atoms with Crippen molar-refractivity contribution in [2.24, 2.45) is 5.73 Å². The van der Waals surface area contributed by atoms with E-state index in [1.165, 1.54) is 19.4 Å². The molecular weight excluding hydrogens is 238 g/mol. The maximum atomic E-state index is 11.7. The molecule has 1 amide bonds. The summed E-state index contributed by atoms with van der Waals surface area (Å²) in [4.78, 5) is 14.2. The molecule has 19 heavy (non-hydrogen) atoms. The van der Waals surface area contributed by atoms with Crippen LogP contribution in [0.5, 0.6) is 0 Å². The Morgan fingerprint density at radius 3 is 2.53 bits per heavy atom. The van der Waals surface area contributed by atoms with Gasteiger partial charge < -0.3 is 11.1 Å². The second kappa shape index (κ2) is 6.23. The fraction of sp³-hybridized carbons (Fsp3) is 0.933. The van der Waals surface area contributed by atoms with Gasteiger partial charge >= 0.3 is 0 Å². The van der Waals surface area contributed by atoms with Gasteiger partial charge in [-0.1, -0.05) is 0 Å². The molecule has 0 saturated carbocycles. The van der Waals surface area contributed by atoms with Gasteiger partial charge in [0.05, 0.1) is 5.54 Å². The standard InChI is InChI=1S/C15H31N3O/c1-12(2)17-15(5,13(16)19)9-7-11-18-10-6-8-14(18,3)4/h12,17H,6-11H2,1-5H3,(H2,16,19). The van der Waals surface area contributed by atoms with Crippen molar-refractivity contribution in [2.45, 2.75) is 77.4 Å². The van der Waals surface area contributed by atoms with Gasteiger partial charge in [-0.3, -0.25) is 9.69 Å². The number of carbonyl (C=O) groups excluding carboxylic acids is 1. The Morgan fingerprint density at radius 1 is 1.47 bits per heavy atom. The van der Waals surface area contributed by atoms with Crippen LogP contribution in [0.3, 0.4) is 0 Å². The monoisotopic (exact) mass is 269 g/mol. The lowest BCUT2D eigenvalue weighted by Gasteiger charge is -2.34. The summed E-state index contributed by atoms with van der Waals surface area (Å²) in [6.45, 7) is 12.9. The molecule has 0 radical (unpaired) electrons. The van der Waals surface area contributed by atoms with E-state index in [-0.39, 0.29) is 11.9 Å². The van der Waals surface area contributed by atoms with E-state index in [2.05, 4.69) is 24.1 Å². The van der Waals surface area contributed by atoms with Crippen molar-refractivity contribution in [1.29, 1.82) is 0 Å². The van der Waals surface area contributed by atoms with Crippen molar-refractivity contribution in [3.63, 3.8) is 0 Å². The van der Waals surface area contributed by atoms with Crippen LogP contribution >= 0.6 is 0 Å². The number of hydrogen-bond donors (Lipinski definition) is 2. The third-order valence-electron chi connectivity index (χ3n) is 4.33. The lowest BCUT2D eigenvalue weighted by Crippen LogP contribution is -2.55. The van der Waals surface area contributed by atoms with Gasteiger partial charge in [-0.05, 0) is 73.4 Å². The zero-order valence-corrected chi connectivity index (χ0v) is 13.3. The molecular formula is C15H31N3O. The first-order valence-electron chi connectivity index (χ1n) is 7.50. The van der Waals surface area contributed by atoms with Gasteiger partial charge in [-0.2, -0.15) is 0 Å². The molecule has 0 aromatic rings. The number of rotatable bonds is 7. The highest BCUT2D eigenvalue weighted by Crippen LogP contribution is 2.28. The average Bonchev–Trinajstić information content (AvgIpc) is 2.57. The van der Waals surface area contributed by atoms with E-state index in [1.54, 1.807) is 0 Å². The summed E-state index contributed by atoms with van der Waals surface area (Å²) in [7, 11) is 0. The Balaban J connectivity index is 2.47. The number of amides is 1. The van der Waals surface area contributed by atoms with Gasteiger partial charge in [0.2, 0.25) is 5.91 Å². The maximum Gasteiger partial charge on any atom is 0.237 e. The smallest absolute Gasteiger partial charge is 0.237 e. The van der Waals surface area contributed by atoms with Gasteiger partial charge in [-0.25, -0.2) is 0 Å². The molecule has 1 saturated heterocycles. The van der Waals surface area contributed by atoms with E-state index < -0.39 is 5.54 Å². The molecule has 1 aliphatic rings. The topological polar surface area (TPSA) is 58.4 Å². The normalized spacial score (nSPS) is 22.6. The maximum absolute atomic E-state index is 11.7. The van der Waals surface area contributed by atoms with Crippen molar-refractivity contribution in [3.8, 4) is 0 Å². The number of carbonyl (C=O) groups is 1. The molecule has 1 atom stereocenters. The zero-order valence-electron chi connectivity index (χ0n) is 13.3. The molecule has 0 aromatic heterocycles. The summed E-state index contributed by atoms with van der Waals surface area (Å²) < 4.78 is 0. The van der Waals surface area contributed by atoms with Gasteiger partial charge in [0, 0.05) is 11.6 Å². The molecule has 0 aromatic carbocycles. The van der Waals surface area contributed by atoms with Crippen LogP contribution < -0.4 is 11.1 Å². The molecule has 112 valence electrons. The fourth-order valence-electron chi connectivity index (χ4n) is 3.10. The Bertz CT molecular complexity index is 315. The predicted molar refractivity (Wildman–Crippen MR) is 80.0 cm³/mol. The lowest BCUT2D eigenvalue weighted by molar-refractivity contribution is -0.124. The van der Waals surface area contributed by atoms with E-state index >= 15 is 0 Å². The second-order valence-electron chi connectivity index (χ2n) is 7.00. The minimum absolute atomic E-state index is 0.248. The summed E-state index contributed by atoms with van der Waals surface area (Å²) in [6, 6.07) is 0.265. The highest BCUT2D eigenvalue weighted by Gasteiger charge is 2.34. The highest BCUT2D eigenvalue weighted by molar-refractivity contribution is 5.84. The Hall–Kier alpha value is -0.610. The van der Waals surface area contributed by atoms with E-state index in [0.29, 0.717) is 5.54 Å². The van der Waals surface area contributed by atoms with Crippen LogP contribution in [0.25, 0.3) is 0 Å². The van der Waals surface area contributed by atoms with Crippen LogP contribution in [0.2, 0.25) is 0 Å². The lowest BCUT2D eigenvalue weighted by atomic mass is 9.93. The van der Waals surface area contributed by atoms with Gasteiger partial charge in [0.1, 0.15) is 0 Å². The van der Waals surface area contributed by atoms with Crippen molar-refractivity contribution >= 4 is 5.91 Å². The third kappa shape index (κ3) is 4.46. The van der Waals surface area contributed by atoms with Crippen LogP contribution in [0, 0.1) is 0 Å². The van der Waals surface area contributed by atoms with Crippen molar-refractivity contribution < 1.29 is 4.79 Å². The summed E-state index contributed by atoms with van der Waals surface area (Å²) in [5.41, 5.74) is 5.28. The van der Waals surface area contributed by atoms with Crippen molar-refractivity contribution in [3.05, 3.63) is 0 Å². The summed E-state index contributed by atoms with van der Waals surface area (Å²) in [5, 5.41) is 3.31. The number of nitrogens with zero attached hydrogens (tertiary/aromatic N) is 1. The summed E-state index contributed by atoms with van der Waals surface area (Å²) >= 11 is 0. The first-order valence-corrected chi connectivity index (χ1v) is 7.50. The van der Waals surface area contributed by atoms with Gasteiger partial charge in [0.15, 0.2) is 0 Å². The molecule has 1 aliphatic heterocycles. The summed E-state index contributed by atoms with van der Waals surface area (Å²) in [5.74, 6) is -0.248. The van der Waals surface area contributed by atoms with Crippen molar-refractivity contribution in [2.75, 3.05) is 13.1 Å². The summed E-state index contributed by atoms with van der Waals surface area (Å²) in [6.07, 6.45) is 4.35. The Kier molecular flexibility index (Phi) is 5.39. The van der Waals surface area contributed by atoms with E-state index in [1.807, 2.05) is 20.8 Å². The number of nitrogens with two attached hydrogens (primary N) is 1. The van der Waals surface area contributed by atoms with Crippen LogP contribution in [0.15, 0.2) is 0 Å². The molecule has 1 heterocycles. The minimum Gasteiger partial charge on any atom is -0.368 e. The molecule has 4 heteroatoms. The van der Waals surface area contributed by atoms with Crippen molar-refractivity contribution in [1.82, 2.24) is 10.2 Å². The SMILES string of the molecule is CC(C)NC(C)(CCCN1CCCC1(C)C)C(N)=O. The number of likely N-dealkylation sites (tertiary alicyclic amines) is 1. The zero-order chi connectivity index (χ0) is 14.7. The Labute approximate surface area is 118 Å². The molecule has 1 unspecified atom stereocenters. The molecule has 1 fully saturated rings. The molecule has 0 aliphatic carbocycles. The first-order chi connectivity index (χ1) is 8.67. The second-order valence-corrected chi connectivity index (χ2v) is 7.00. The first kappa shape index (κ1) is 16.4. The number of hydrogen-bond acceptors (Lipinski definition) is 3. The average molecular weight is 269 g/mol. The van der Waals surface area contributed by atoms with E-state index in [0.717, 1.165) is 19.4 Å². The van der Waals surface area contributed by atoms with E-state index in [4.69, 9.17) is 5.73 Å². The molecule has 0 bridgehead atoms. The largest absolute Gasteiger partial charge is 0.368 e. The molecule has 1 rings (SSSR count). The molecule has 0 spiro atoms. The van der Waals surface area contributed by atoms with E-state index in [9.17, 15) is 4.79 Å². The number of primary amides is 1. The van der Waals surface area contributed by atoms with Crippen LogP contribution in [0.4, 0.5) is 0 Å². The highest BCUT2D eigenvalue weighted by atomic mass is 16.1. The van der Waals surface area contributed by atoms with Gasteiger partial charge in [0.25, 0.3) is 0 Å². The van der Waals surface area contributed by atoms with Crippen LogP contribution in [-0.4, -0.2) is 41.0 Å². The third-order valence-corrected chi connectivity index (χ3v) is 4.33. The molecule has 4 nitrogen and oxygen atoms in total. The predicted octanol–water partition coefficient (Wildman–Crippen LogP) is 1.88. The van der Waals surface area contributed by atoms with Crippen LogP contribution in [0.1, 0.15) is 60.3 Å². The van der Waals surface area contributed by atoms with Gasteiger partial charge in [-0.15, -0.1) is 0 Å². The Morgan fingerprint density at radius 2 is 2.11 bits per heavy atom. The molecule has 3 N–H and O–H groups in total. The fourth-order valence-corrected chi connectivity index (χ4v) is 3.10.